The predicted molar refractivity (Wildman–Crippen MR) is 111 cm³/mol. The van der Waals surface area contributed by atoms with Crippen molar-refractivity contribution in [1.29, 1.82) is 0 Å². The van der Waals surface area contributed by atoms with Crippen molar-refractivity contribution in [2.75, 3.05) is 7.11 Å². The second-order valence-corrected chi connectivity index (χ2v) is 6.93. The first-order valence-corrected chi connectivity index (χ1v) is 9.62. The van der Waals surface area contributed by atoms with Gasteiger partial charge in [0.15, 0.2) is 17.7 Å². The molecule has 0 fully saturated rings. The molecule has 9 heteroatoms. The highest BCUT2D eigenvalue weighted by atomic mass is 19.4. The highest BCUT2D eigenvalue weighted by Crippen LogP contribution is 2.26. The van der Waals surface area contributed by atoms with Gasteiger partial charge in [-0.3, -0.25) is 0 Å². The molecular weight excluding hydrogens is 444 g/mol. The van der Waals surface area contributed by atoms with Crippen LogP contribution in [0.25, 0.3) is 11.1 Å². The third-order valence-electron chi connectivity index (χ3n) is 4.65. The van der Waals surface area contributed by atoms with E-state index in [2.05, 4.69) is 4.74 Å². The van der Waals surface area contributed by atoms with Crippen LogP contribution in [0.1, 0.15) is 27.6 Å². The Morgan fingerprint density at radius 3 is 1.91 bits per heavy atom. The van der Waals surface area contributed by atoms with Gasteiger partial charge in [0.2, 0.25) is 0 Å². The van der Waals surface area contributed by atoms with Gasteiger partial charge >= 0.3 is 18.1 Å². The number of rotatable bonds is 6. The summed E-state index contributed by atoms with van der Waals surface area (Å²) in [5.41, 5.74) is 1.36. The molecule has 33 heavy (non-hydrogen) atoms. The second kappa shape index (κ2) is 9.72. The molecule has 0 heterocycles. The number of hydrogen-bond acceptors (Lipinski definition) is 5. The number of halogens is 4. The molecule has 0 aliphatic heterocycles. The van der Waals surface area contributed by atoms with Gasteiger partial charge in [-0.1, -0.05) is 18.2 Å². The van der Waals surface area contributed by atoms with Crippen LogP contribution in [-0.4, -0.2) is 31.3 Å². The monoisotopic (exact) mass is 462 g/mol. The maximum atomic E-state index is 13.9. The van der Waals surface area contributed by atoms with Crippen LogP contribution in [0.15, 0.2) is 66.7 Å². The third kappa shape index (κ3) is 5.88. The fourth-order valence-corrected chi connectivity index (χ4v) is 2.77. The van der Waals surface area contributed by atoms with E-state index in [1.54, 1.807) is 18.2 Å². The van der Waals surface area contributed by atoms with E-state index in [0.717, 1.165) is 6.92 Å². The lowest BCUT2D eigenvalue weighted by Crippen LogP contribution is -2.30. The lowest BCUT2D eigenvalue weighted by molar-refractivity contribution is -0.198. The first-order valence-electron chi connectivity index (χ1n) is 9.62. The summed E-state index contributed by atoms with van der Waals surface area (Å²) in [5.74, 6) is -2.15. The summed E-state index contributed by atoms with van der Waals surface area (Å²) < 4.78 is 65.9. The van der Waals surface area contributed by atoms with Crippen LogP contribution in [0.5, 0.6) is 11.5 Å². The number of methoxy groups -OCH3 is 1. The zero-order chi connectivity index (χ0) is 24.2. The molecular formula is C24H18F4O5. The summed E-state index contributed by atoms with van der Waals surface area (Å²) in [6.45, 7) is 0.727. The van der Waals surface area contributed by atoms with E-state index in [1.807, 2.05) is 0 Å². The maximum Gasteiger partial charge on any atom is 0.425 e. The Labute approximate surface area is 186 Å². The van der Waals surface area contributed by atoms with Crippen LogP contribution in [0.3, 0.4) is 0 Å². The van der Waals surface area contributed by atoms with E-state index in [1.165, 1.54) is 55.6 Å². The first-order chi connectivity index (χ1) is 15.6. The van der Waals surface area contributed by atoms with Crippen molar-refractivity contribution in [3.63, 3.8) is 0 Å². The molecule has 172 valence electrons. The van der Waals surface area contributed by atoms with Gasteiger partial charge in [0.05, 0.1) is 18.2 Å². The molecule has 0 radical (unpaired) electrons. The summed E-state index contributed by atoms with van der Waals surface area (Å²) in [6, 6.07) is 15.7. The molecule has 0 N–H and O–H groups in total. The first kappa shape index (κ1) is 23.8. The fourth-order valence-electron chi connectivity index (χ4n) is 2.77. The molecule has 0 saturated carbocycles. The van der Waals surface area contributed by atoms with Crippen molar-refractivity contribution >= 4 is 11.9 Å². The van der Waals surface area contributed by atoms with Gasteiger partial charge in [0.25, 0.3) is 0 Å². The van der Waals surface area contributed by atoms with Crippen molar-refractivity contribution in [2.45, 2.75) is 19.2 Å². The van der Waals surface area contributed by atoms with Crippen LogP contribution in [0.4, 0.5) is 17.6 Å². The standard InChI is InChI=1S/C24H18F4O5/c1-14(24(26,27)28)32-22(29)17-7-10-19(11-8-17)33-23(30)16-5-3-15(4-6-16)18-9-12-21(31-2)20(25)13-18/h3-14H,1-2H3. The molecule has 3 aromatic carbocycles. The van der Waals surface area contributed by atoms with Gasteiger partial charge in [-0.25, -0.2) is 14.0 Å². The van der Waals surface area contributed by atoms with Crippen molar-refractivity contribution in [3.8, 4) is 22.6 Å². The van der Waals surface area contributed by atoms with Crippen LogP contribution in [-0.2, 0) is 4.74 Å². The van der Waals surface area contributed by atoms with Crippen LogP contribution in [0, 0.1) is 5.82 Å². The normalized spacial score (nSPS) is 12.1. The van der Waals surface area contributed by atoms with Crippen molar-refractivity contribution < 1.29 is 41.4 Å². The number of benzene rings is 3. The predicted octanol–water partition coefficient (Wildman–Crippen LogP) is 5.83. The molecule has 0 aromatic heterocycles. The Balaban J connectivity index is 1.64. The summed E-state index contributed by atoms with van der Waals surface area (Å²) >= 11 is 0. The molecule has 0 bridgehead atoms. The second-order valence-electron chi connectivity index (χ2n) is 6.93. The molecule has 0 saturated heterocycles. The van der Waals surface area contributed by atoms with Crippen molar-refractivity contribution in [3.05, 3.63) is 83.7 Å². The molecule has 1 unspecified atom stereocenters. The van der Waals surface area contributed by atoms with Gasteiger partial charge in [-0.15, -0.1) is 0 Å². The molecule has 0 aliphatic rings. The Morgan fingerprint density at radius 2 is 1.36 bits per heavy atom. The van der Waals surface area contributed by atoms with E-state index >= 15 is 0 Å². The van der Waals surface area contributed by atoms with Crippen LogP contribution >= 0.6 is 0 Å². The van der Waals surface area contributed by atoms with Gasteiger partial charge in [-0.05, 0) is 66.6 Å². The van der Waals surface area contributed by atoms with E-state index in [-0.39, 0.29) is 22.6 Å². The molecule has 0 spiro atoms. The summed E-state index contributed by atoms with van der Waals surface area (Å²) in [6.07, 6.45) is -6.91. The number of ether oxygens (including phenoxy) is 3. The molecule has 5 nitrogen and oxygen atoms in total. The number of carbonyl (C=O) groups excluding carboxylic acids is 2. The van der Waals surface area contributed by atoms with E-state index in [9.17, 15) is 27.2 Å². The topological polar surface area (TPSA) is 61.8 Å². The Hall–Kier alpha value is -3.88. The highest BCUT2D eigenvalue weighted by Gasteiger charge is 2.39. The zero-order valence-electron chi connectivity index (χ0n) is 17.5. The maximum absolute atomic E-state index is 13.9. The molecule has 3 rings (SSSR count). The average Bonchev–Trinajstić information content (AvgIpc) is 2.79. The van der Waals surface area contributed by atoms with E-state index < -0.39 is 30.0 Å². The average molecular weight is 462 g/mol. The van der Waals surface area contributed by atoms with Gasteiger partial charge < -0.3 is 14.2 Å². The van der Waals surface area contributed by atoms with E-state index in [4.69, 9.17) is 9.47 Å². The molecule has 0 aliphatic carbocycles. The number of esters is 2. The highest BCUT2D eigenvalue weighted by molar-refractivity contribution is 5.92. The van der Waals surface area contributed by atoms with E-state index in [0.29, 0.717) is 11.1 Å². The van der Waals surface area contributed by atoms with Crippen LogP contribution < -0.4 is 9.47 Å². The number of alkyl halides is 3. The lowest BCUT2D eigenvalue weighted by atomic mass is 10.0. The Kier molecular flexibility index (Phi) is 7.01. The summed E-state index contributed by atoms with van der Waals surface area (Å²) in [7, 11) is 1.37. The van der Waals surface area contributed by atoms with Crippen molar-refractivity contribution in [1.82, 2.24) is 0 Å². The molecule has 0 amide bonds. The molecule has 1 atom stereocenters. The van der Waals surface area contributed by atoms with Gasteiger partial charge in [-0.2, -0.15) is 13.2 Å². The SMILES string of the molecule is COc1ccc(-c2ccc(C(=O)Oc3ccc(C(=O)OC(C)C(F)(F)F)cc3)cc2)cc1F. The van der Waals surface area contributed by atoms with Crippen LogP contribution in [0.2, 0.25) is 0 Å². The minimum atomic E-state index is -4.66. The quantitative estimate of drug-likeness (QED) is 0.262. The number of carbonyl (C=O) groups is 2. The Morgan fingerprint density at radius 1 is 0.818 bits per heavy atom. The van der Waals surface area contributed by atoms with Gasteiger partial charge in [0.1, 0.15) is 5.75 Å². The Bertz CT molecular complexity index is 1140. The summed E-state index contributed by atoms with van der Waals surface area (Å²) in [4.78, 5) is 24.2. The smallest absolute Gasteiger partial charge is 0.425 e. The number of hydrogen-bond donors (Lipinski definition) is 0. The minimum absolute atomic E-state index is 0.0849. The minimum Gasteiger partial charge on any atom is -0.494 e. The molecule has 3 aromatic rings. The fraction of sp³-hybridized carbons (Fsp3) is 0.167. The third-order valence-corrected chi connectivity index (χ3v) is 4.65. The zero-order valence-corrected chi connectivity index (χ0v) is 17.5. The van der Waals surface area contributed by atoms with Gasteiger partial charge in [0, 0.05) is 0 Å². The largest absolute Gasteiger partial charge is 0.494 e. The van der Waals surface area contributed by atoms with Crippen molar-refractivity contribution in [2.24, 2.45) is 0 Å². The lowest BCUT2D eigenvalue weighted by Gasteiger charge is -2.16. The summed E-state index contributed by atoms with van der Waals surface area (Å²) in [5, 5.41) is 0.